The van der Waals surface area contributed by atoms with E-state index >= 15 is 0 Å². The molecule has 90 valence electrons. The Morgan fingerprint density at radius 2 is 1.94 bits per heavy atom. The van der Waals surface area contributed by atoms with Crippen LogP contribution in [0.25, 0.3) is 0 Å². The summed E-state index contributed by atoms with van der Waals surface area (Å²) in [6.07, 6.45) is 12.4. The molecule has 0 saturated carbocycles. The highest BCUT2D eigenvalue weighted by Gasteiger charge is 1.98. The molecule has 0 aromatic carbocycles. The molecule has 0 spiro atoms. The first-order valence-corrected chi connectivity index (χ1v) is 5.98. The quantitative estimate of drug-likeness (QED) is 0.457. The van der Waals surface area contributed by atoms with Gasteiger partial charge in [-0.15, -0.1) is 0 Å². The second-order valence-electron chi connectivity index (χ2n) is 4.64. The van der Waals surface area contributed by atoms with Gasteiger partial charge in [-0.05, 0) is 39.5 Å². The maximum atomic E-state index is 10.3. The predicted molar refractivity (Wildman–Crippen MR) is 71.4 cm³/mol. The van der Waals surface area contributed by atoms with Gasteiger partial charge in [-0.1, -0.05) is 42.4 Å². The van der Waals surface area contributed by atoms with Gasteiger partial charge in [0.1, 0.15) is 6.29 Å². The Bertz CT molecular complexity index is 278. The first-order valence-electron chi connectivity index (χ1n) is 5.98. The van der Waals surface area contributed by atoms with Crippen LogP contribution in [0, 0.1) is 5.92 Å². The van der Waals surface area contributed by atoms with Crippen molar-refractivity contribution in [2.24, 2.45) is 5.92 Å². The monoisotopic (exact) mass is 220 g/mol. The predicted octanol–water partition coefficient (Wildman–Crippen LogP) is 4.46. The van der Waals surface area contributed by atoms with Crippen LogP contribution in [0.5, 0.6) is 0 Å². The average Bonchev–Trinajstić information content (AvgIpc) is 2.17. The molecule has 0 heterocycles. The third-order valence-electron chi connectivity index (χ3n) is 2.41. The van der Waals surface area contributed by atoms with Crippen LogP contribution < -0.4 is 0 Å². The number of hydrogen-bond acceptors (Lipinski definition) is 1. The highest BCUT2D eigenvalue weighted by molar-refractivity contribution is 5.49. The van der Waals surface area contributed by atoms with Crippen LogP contribution in [0.15, 0.2) is 35.5 Å². The van der Waals surface area contributed by atoms with Gasteiger partial charge in [0.05, 0.1) is 0 Å². The Hall–Kier alpha value is -1.11. The van der Waals surface area contributed by atoms with Gasteiger partial charge in [0.15, 0.2) is 0 Å². The third-order valence-corrected chi connectivity index (χ3v) is 2.41. The molecule has 0 bridgehead atoms. The van der Waals surface area contributed by atoms with E-state index in [0.29, 0.717) is 12.3 Å². The van der Waals surface area contributed by atoms with Gasteiger partial charge in [0, 0.05) is 6.42 Å². The zero-order valence-corrected chi connectivity index (χ0v) is 11.0. The number of hydrogen-bond donors (Lipinski definition) is 0. The first-order chi connectivity index (χ1) is 7.56. The molecule has 0 saturated heterocycles. The minimum absolute atomic E-state index is 0.503. The minimum atomic E-state index is 0.503. The van der Waals surface area contributed by atoms with Crippen molar-refractivity contribution in [3.63, 3.8) is 0 Å². The smallest absolute Gasteiger partial charge is 0.120 e. The molecule has 1 nitrogen and oxygen atoms in total. The fourth-order valence-electron chi connectivity index (χ4n) is 1.34. The lowest BCUT2D eigenvalue weighted by atomic mass is 10.0. The SMILES string of the molecule is CC(C)=C/C=C/C(C)=C/CCC(C)CC=O. The van der Waals surface area contributed by atoms with Gasteiger partial charge in [-0.3, -0.25) is 0 Å². The van der Waals surface area contributed by atoms with Gasteiger partial charge in [-0.2, -0.15) is 0 Å². The summed E-state index contributed by atoms with van der Waals surface area (Å²) in [6, 6.07) is 0. The summed E-state index contributed by atoms with van der Waals surface area (Å²) in [4.78, 5) is 10.3. The van der Waals surface area contributed by atoms with Crippen LogP contribution in [-0.2, 0) is 4.79 Å². The molecule has 0 radical (unpaired) electrons. The van der Waals surface area contributed by atoms with Gasteiger partial charge < -0.3 is 4.79 Å². The molecular formula is C15H24O. The lowest BCUT2D eigenvalue weighted by Crippen LogP contribution is -1.93. The van der Waals surface area contributed by atoms with Crippen LogP contribution in [0.4, 0.5) is 0 Å². The number of allylic oxidation sites excluding steroid dienone is 6. The van der Waals surface area contributed by atoms with Gasteiger partial charge in [0.25, 0.3) is 0 Å². The van der Waals surface area contributed by atoms with E-state index in [1.165, 1.54) is 11.1 Å². The van der Waals surface area contributed by atoms with Gasteiger partial charge in [0.2, 0.25) is 0 Å². The van der Waals surface area contributed by atoms with Crippen molar-refractivity contribution in [1.29, 1.82) is 0 Å². The Balaban J connectivity index is 3.91. The van der Waals surface area contributed by atoms with E-state index in [2.05, 4.69) is 52.0 Å². The molecule has 0 fully saturated rings. The average molecular weight is 220 g/mol. The Kier molecular flexibility index (Phi) is 8.51. The first kappa shape index (κ1) is 14.9. The van der Waals surface area contributed by atoms with Gasteiger partial charge >= 0.3 is 0 Å². The topological polar surface area (TPSA) is 17.1 Å². The van der Waals surface area contributed by atoms with E-state index in [0.717, 1.165) is 19.1 Å². The summed E-state index contributed by atoms with van der Waals surface area (Å²) in [5.74, 6) is 0.503. The Morgan fingerprint density at radius 3 is 2.50 bits per heavy atom. The number of carbonyl (C=O) groups excluding carboxylic acids is 1. The summed E-state index contributed by atoms with van der Waals surface area (Å²) >= 11 is 0. The van der Waals surface area contributed by atoms with E-state index < -0.39 is 0 Å². The standard InChI is InChI=1S/C15H24O/c1-13(2)7-5-8-14(3)9-6-10-15(4)11-12-16/h5,7-9,12,15H,6,10-11H2,1-4H3/b8-5+,14-9+. The molecule has 0 rings (SSSR count). The number of aldehydes is 1. The van der Waals surface area contributed by atoms with Crippen molar-refractivity contribution in [2.75, 3.05) is 0 Å². The normalized spacial score (nSPS) is 13.9. The molecule has 0 N–H and O–H groups in total. The summed E-state index contributed by atoms with van der Waals surface area (Å²) in [5, 5.41) is 0. The van der Waals surface area contributed by atoms with E-state index in [-0.39, 0.29) is 0 Å². The van der Waals surface area contributed by atoms with E-state index in [9.17, 15) is 4.79 Å². The third kappa shape index (κ3) is 9.45. The zero-order chi connectivity index (χ0) is 12.4. The molecule has 0 aliphatic carbocycles. The second kappa shape index (κ2) is 9.14. The van der Waals surface area contributed by atoms with Crippen molar-refractivity contribution < 1.29 is 4.79 Å². The maximum Gasteiger partial charge on any atom is 0.120 e. The van der Waals surface area contributed by atoms with Crippen molar-refractivity contribution in [1.82, 2.24) is 0 Å². The van der Waals surface area contributed by atoms with E-state index in [4.69, 9.17) is 0 Å². The van der Waals surface area contributed by atoms with Crippen molar-refractivity contribution in [2.45, 2.75) is 47.0 Å². The Labute approximate surface area is 99.9 Å². The lowest BCUT2D eigenvalue weighted by molar-refractivity contribution is -0.108. The largest absolute Gasteiger partial charge is 0.303 e. The fourth-order valence-corrected chi connectivity index (χ4v) is 1.34. The van der Waals surface area contributed by atoms with Crippen LogP contribution in [-0.4, -0.2) is 6.29 Å². The van der Waals surface area contributed by atoms with Crippen molar-refractivity contribution >= 4 is 6.29 Å². The van der Waals surface area contributed by atoms with Crippen LogP contribution >= 0.6 is 0 Å². The molecule has 1 heteroatoms. The van der Waals surface area contributed by atoms with Crippen LogP contribution in [0.2, 0.25) is 0 Å². The molecule has 0 amide bonds. The van der Waals surface area contributed by atoms with E-state index in [1.54, 1.807) is 0 Å². The maximum absolute atomic E-state index is 10.3. The molecule has 16 heavy (non-hydrogen) atoms. The second-order valence-corrected chi connectivity index (χ2v) is 4.64. The molecule has 0 aromatic heterocycles. The minimum Gasteiger partial charge on any atom is -0.303 e. The molecule has 1 atom stereocenters. The molecule has 1 unspecified atom stereocenters. The lowest BCUT2D eigenvalue weighted by Gasteiger charge is -2.04. The van der Waals surface area contributed by atoms with E-state index in [1.807, 2.05) is 0 Å². The highest BCUT2D eigenvalue weighted by Crippen LogP contribution is 2.10. The fraction of sp³-hybridized carbons (Fsp3) is 0.533. The summed E-state index contributed by atoms with van der Waals surface area (Å²) in [5.41, 5.74) is 2.60. The van der Waals surface area contributed by atoms with Crippen molar-refractivity contribution in [3.8, 4) is 0 Å². The highest BCUT2D eigenvalue weighted by atomic mass is 16.1. The Morgan fingerprint density at radius 1 is 1.25 bits per heavy atom. The number of rotatable bonds is 7. The molecule has 0 aromatic rings. The summed E-state index contributed by atoms with van der Waals surface area (Å²) in [7, 11) is 0. The molecule has 0 aliphatic heterocycles. The number of carbonyl (C=O) groups is 1. The van der Waals surface area contributed by atoms with Gasteiger partial charge in [-0.25, -0.2) is 0 Å². The van der Waals surface area contributed by atoms with Crippen LogP contribution in [0.1, 0.15) is 47.0 Å². The summed E-state index contributed by atoms with van der Waals surface area (Å²) < 4.78 is 0. The van der Waals surface area contributed by atoms with Crippen LogP contribution in [0.3, 0.4) is 0 Å². The zero-order valence-electron chi connectivity index (χ0n) is 11.0. The molecule has 0 aliphatic rings. The molecular weight excluding hydrogens is 196 g/mol. The van der Waals surface area contributed by atoms with Crippen molar-refractivity contribution in [3.05, 3.63) is 35.5 Å². The summed E-state index contributed by atoms with van der Waals surface area (Å²) in [6.45, 7) is 8.41.